The second-order valence-corrected chi connectivity index (χ2v) is 5.26. The van der Waals surface area contributed by atoms with Crippen molar-refractivity contribution in [1.82, 2.24) is 9.38 Å². The van der Waals surface area contributed by atoms with Gasteiger partial charge < -0.3 is 9.84 Å². The summed E-state index contributed by atoms with van der Waals surface area (Å²) in [6, 6.07) is 9.83. The molecule has 25 heavy (non-hydrogen) atoms. The molecule has 0 atom stereocenters. The highest BCUT2D eigenvalue weighted by atomic mass is 16.5. The molecule has 0 fully saturated rings. The van der Waals surface area contributed by atoms with Crippen LogP contribution in [0.4, 0.5) is 11.5 Å². The lowest BCUT2D eigenvalue weighted by molar-refractivity contribution is 0.0599. The molecule has 2 aromatic heterocycles. The second-order valence-electron chi connectivity index (χ2n) is 5.26. The fraction of sp³-hybridized carbons (Fsp3) is 0.118. The Bertz CT molecular complexity index is 990. The van der Waals surface area contributed by atoms with Gasteiger partial charge in [0, 0.05) is 6.20 Å². The maximum absolute atomic E-state index is 11.4. The van der Waals surface area contributed by atoms with Crippen LogP contribution >= 0.6 is 0 Å². The first-order valence-corrected chi connectivity index (χ1v) is 7.31. The predicted molar refractivity (Wildman–Crippen MR) is 88.8 cm³/mol. The van der Waals surface area contributed by atoms with E-state index in [4.69, 9.17) is 0 Å². The van der Waals surface area contributed by atoms with E-state index < -0.39 is 11.9 Å². The number of hydrogen-bond acceptors (Lipinski definition) is 6. The number of carboxylic acid groups (broad SMARTS) is 1. The number of benzene rings is 1. The summed E-state index contributed by atoms with van der Waals surface area (Å²) < 4.78 is 6.20. The molecule has 1 N–H and O–H groups in total. The third-order valence-corrected chi connectivity index (χ3v) is 3.49. The van der Waals surface area contributed by atoms with Crippen LogP contribution in [-0.2, 0) is 4.74 Å². The van der Waals surface area contributed by atoms with Gasteiger partial charge in [-0.15, -0.1) is 10.2 Å². The highest BCUT2D eigenvalue weighted by molar-refractivity contribution is 5.92. The minimum absolute atomic E-state index is 0.128. The fourth-order valence-electron chi connectivity index (χ4n) is 2.26. The molecule has 0 radical (unpaired) electrons. The van der Waals surface area contributed by atoms with Crippen LogP contribution in [0.3, 0.4) is 0 Å². The summed E-state index contributed by atoms with van der Waals surface area (Å²) in [6.45, 7) is 1.88. The molecule has 0 spiro atoms. The lowest BCUT2D eigenvalue weighted by Crippen LogP contribution is -1.99. The van der Waals surface area contributed by atoms with E-state index in [1.165, 1.54) is 7.11 Å². The smallest absolute Gasteiger partial charge is 0.358 e. The lowest BCUT2D eigenvalue weighted by Gasteiger charge is -2.00. The molecule has 8 heteroatoms. The highest BCUT2D eigenvalue weighted by Gasteiger charge is 2.18. The van der Waals surface area contributed by atoms with Crippen LogP contribution in [-0.4, -0.2) is 33.5 Å². The summed E-state index contributed by atoms with van der Waals surface area (Å²) in [5.41, 5.74) is 2.07. The van der Waals surface area contributed by atoms with Crippen LogP contribution in [0.5, 0.6) is 0 Å². The Kier molecular flexibility index (Phi) is 4.25. The third-order valence-electron chi connectivity index (χ3n) is 3.49. The topological polar surface area (TPSA) is 106 Å². The first kappa shape index (κ1) is 16.3. The third kappa shape index (κ3) is 3.23. The summed E-state index contributed by atoms with van der Waals surface area (Å²) in [7, 11) is 1.30. The van der Waals surface area contributed by atoms with Gasteiger partial charge in [-0.3, -0.25) is 4.40 Å². The maximum atomic E-state index is 11.4. The van der Waals surface area contributed by atoms with Gasteiger partial charge in [0.1, 0.15) is 5.65 Å². The van der Waals surface area contributed by atoms with Crippen molar-refractivity contribution < 1.29 is 19.4 Å². The molecule has 0 saturated heterocycles. The molecular formula is C17H14N4O4. The minimum Gasteiger partial charge on any atom is -0.476 e. The van der Waals surface area contributed by atoms with Gasteiger partial charge in [0.2, 0.25) is 0 Å². The molecule has 8 nitrogen and oxygen atoms in total. The number of aryl methyl sites for hydroxylation is 1. The number of aromatic carboxylic acids is 1. The number of methoxy groups -OCH3 is 1. The largest absolute Gasteiger partial charge is 0.476 e. The van der Waals surface area contributed by atoms with Gasteiger partial charge in [0.25, 0.3) is 0 Å². The number of ether oxygens (including phenoxy) is 1. The lowest BCUT2D eigenvalue weighted by atomic mass is 10.2. The number of aromatic nitrogens is 2. The van der Waals surface area contributed by atoms with Gasteiger partial charge in [-0.1, -0.05) is 6.07 Å². The minimum atomic E-state index is -1.18. The van der Waals surface area contributed by atoms with Crippen molar-refractivity contribution in [3.8, 4) is 0 Å². The van der Waals surface area contributed by atoms with Crippen molar-refractivity contribution in [2.24, 2.45) is 10.2 Å². The maximum Gasteiger partial charge on any atom is 0.358 e. The molecule has 0 aliphatic heterocycles. The molecule has 126 valence electrons. The van der Waals surface area contributed by atoms with Gasteiger partial charge in [0.05, 0.1) is 18.4 Å². The number of carboxylic acids is 1. The molecule has 0 amide bonds. The average Bonchev–Trinajstić information content (AvgIpc) is 2.97. The van der Waals surface area contributed by atoms with Crippen LogP contribution in [0.15, 0.2) is 52.8 Å². The van der Waals surface area contributed by atoms with E-state index in [1.807, 2.05) is 13.0 Å². The predicted octanol–water partition coefficient (Wildman–Crippen LogP) is 3.54. The average molecular weight is 338 g/mol. The number of rotatable bonds is 4. The SMILES string of the molecule is COC(=O)c1ccc(N=Nc2c(C(=O)O)nc3ccc(C)cn23)cc1. The number of carbonyl (C=O) groups is 2. The van der Waals surface area contributed by atoms with Crippen LogP contribution in [0.1, 0.15) is 26.4 Å². The van der Waals surface area contributed by atoms with E-state index in [0.717, 1.165) is 5.56 Å². The number of nitrogens with zero attached hydrogens (tertiary/aromatic N) is 4. The summed E-state index contributed by atoms with van der Waals surface area (Å²) in [5, 5.41) is 17.4. The van der Waals surface area contributed by atoms with Crippen molar-refractivity contribution in [2.75, 3.05) is 7.11 Å². The molecule has 1 aromatic carbocycles. The Morgan fingerprint density at radius 3 is 2.48 bits per heavy atom. The Hall–Kier alpha value is -3.55. The number of hydrogen-bond donors (Lipinski definition) is 1. The van der Waals surface area contributed by atoms with Crippen molar-refractivity contribution in [1.29, 1.82) is 0 Å². The van der Waals surface area contributed by atoms with Gasteiger partial charge in [-0.2, -0.15) is 0 Å². The molecular weight excluding hydrogens is 324 g/mol. The molecule has 2 heterocycles. The van der Waals surface area contributed by atoms with E-state index in [-0.39, 0.29) is 11.5 Å². The first-order valence-electron chi connectivity index (χ1n) is 7.31. The molecule has 3 aromatic rings. The molecule has 3 rings (SSSR count). The van der Waals surface area contributed by atoms with Crippen molar-refractivity contribution in [3.63, 3.8) is 0 Å². The first-order chi connectivity index (χ1) is 12.0. The highest BCUT2D eigenvalue weighted by Crippen LogP contribution is 2.25. The Balaban J connectivity index is 2.00. The van der Waals surface area contributed by atoms with Gasteiger partial charge in [0.15, 0.2) is 11.5 Å². The van der Waals surface area contributed by atoms with E-state index in [1.54, 1.807) is 40.9 Å². The van der Waals surface area contributed by atoms with E-state index in [9.17, 15) is 14.7 Å². The van der Waals surface area contributed by atoms with E-state index >= 15 is 0 Å². The summed E-state index contributed by atoms with van der Waals surface area (Å²) in [5.74, 6) is -1.51. The molecule has 0 unspecified atom stereocenters. The quantitative estimate of drug-likeness (QED) is 0.578. The zero-order valence-corrected chi connectivity index (χ0v) is 13.5. The zero-order valence-electron chi connectivity index (χ0n) is 13.5. The summed E-state index contributed by atoms with van der Waals surface area (Å²) in [6.07, 6.45) is 1.74. The molecule has 0 aliphatic carbocycles. The zero-order chi connectivity index (χ0) is 18.0. The van der Waals surface area contributed by atoms with Crippen LogP contribution in [0.2, 0.25) is 0 Å². The number of azo groups is 1. The second kappa shape index (κ2) is 6.52. The van der Waals surface area contributed by atoms with Crippen LogP contribution in [0, 0.1) is 6.92 Å². The number of esters is 1. The number of carbonyl (C=O) groups excluding carboxylic acids is 1. The van der Waals surface area contributed by atoms with Gasteiger partial charge >= 0.3 is 11.9 Å². The Morgan fingerprint density at radius 2 is 1.84 bits per heavy atom. The van der Waals surface area contributed by atoms with E-state index in [2.05, 4.69) is 19.9 Å². The molecule has 0 aliphatic rings. The van der Waals surface area contributed by atoms with Crippen molar-refractivity contribution in [2.45, 2.75) is 6.92 Å². The van der Waals surface area contributed by atoms with Crippen LogP contribution in [0.25, 0.3) is 5.65 Å². The van der Waals surface area contributed by atoms with Gasteiger partial charge in [-0.05, 0) is 42.8 Å². The summed E-state index contributed by atoms with van der Waals surface area (Å²) in [4.78, 5) is 26.9. The normalized spacial score (nSPS) is 11.1. The van der Waals surface area contributed by atoms with Crippen LogP contribution < -0.4 is 0 Å². The van der Waals surface area contributed by atoms with Crippen molar-refractivity contribution >= 4 is 29.1 Å². The Morgan fingerprint density at radius 1 is 1.12 bits per heavy atom. The van der Waals surface area contributed by atoms with Gasteiger partial charge in [-0.25, -0.2) is 14.6 Å². The molecule has 0 saturated carbocycles. The monoisotopic (exact) mass is 338 g/mol. The number of fused-ring (bicyclic) bond motifs is 1. The molecule has 0 bridgehead atoms. The fourth-order valence-corrected chi connectivity index (χ4v) is 2.26. The number of pyridine rings is 1. The standard InChI is InChI=1S/C17H14N4O4/c1-10-3-8-13-18-14(16(22)23)15(21(13)9-10)20-19-12-6-4-11(5-7-12)17(24)25-2/h3-9H,1-2H3,(H,22,23). The van der Waals surface area contributed by atoms with E-state index in [0.29, 0.717) is 16.9 Å². The Labute approximate surface area is 142 Å². The summed E-state index contributed by atoms with van der Waals surface area (Å²) >= 11 is 0. The number of imidazole rings is 1. The van der Waals surface area contributed by atoms with Crippen molar-refractivity contribution in [3.05, 3.63) is 59.4 Å².